The molecule has 2 aliphatic rings. The summed E-state index contributed by atoms with van der Waals surface area (Å²) in [6.07, 6.45) is 3.12. The van der Waals surface area contributed by atoms with E-state index in [9.17, 15) is 5.21 Å². The maximum atomic E-state index is 14.0. The van der Waals surface area contributed by atoms with Crippen LogP contribution in [0.15, 0.2) is 47.6 Å². The molecule has 0 amide bonds. The molecular formula is C27H36N4O. The molecule has 0 N–H and O–H groups in total. The van der Waals surface area contributed by atoms with Gasteiger partial charge in [-0.05, 0) is 61.1 Å². The second kappa shape index (κ2) is 7.89. The van der Waals surface area contributed by atoms with Crippen molar-refractivity contribution in [2.45, 2.75) is 85.2 Å². The van der Waals surface area contributed by atoms with Gasteiger partial charge in [0.05, 0.1) is 28.1 Å². The van der Waals surface area contributed by atoms with Crippen molar-refractivity contribution in [3.05, 3.63) is 53.6 Å². The number of para-hydroxylation sites is 1. The summed E-state index contributed by atoms with van der Waals surface area (Å²) in [5.41, 5.74) is 3.90. The highest BCUT2D eigenvalue weighted by Crippen LogP contribution is 2.57. The number of hydrogen-bond acceptors (Lipinski definition) is 3. The van der Waals surface area contributed by atoms with E-state index in [1.807, 2.05) is 23.2 Å². The molecule has 0 saturated carbocycles. The fourth-order valence-electron chi connectivity index (χ4n) is 5.44. The molecule has 2 aromatic rings. The van der Waals surface area contributed by atoms with Crippen molar-refractivity contribution in [2.24, 2.45) is 10.5 Å². The Bertz CT molecular complexity index is 1010. The highest BCUT2D eigenvalue weighted by molar-refractivity contribution is 5.97. The predicted octanol–water partition coefficient (Wildman–Crippen LogP) is 7.13. The van der Waals surface area contributed by atoms with Crippen molar-refractivity contribution >= 4 is 22.9 Å². The third kappa shape index (κ3) is 3.09. The number of hydrazone groups is 1. The first-order valence-electron chi connectivity index (χ1n) is 12.0. The van der Waals surface area contributed by atoms with E-state index < -0.39 is 11.1 Å². The molecular weight excluding hydrogens is 396 g/mol. The number of nitrogens with zero attached hydrogens (tertiary/aromatic N) is 4. The largest absolute Gasteiger partial charge is 0.230 e. The van der Waals surface area contributed by atoms with Gasteiger partial charge in [-0.1, -0.05) is 66.7 Å². The van der Waals surface area contributed by atoms with E-state index in [0.717, 1.165) is 59.7 Å². The first kappa shape index (κ1) is 22.8. The number of anilines is 2. The summed E-state index contributed by atoms with van der Waals surface area (Å²) in [5, 5.41) is 27.4. The molecule has 2 heterocycles. The Hall–Kier alpha value is -2.37. The molecule has 5 nitrogen and oxygen atoms in total. The fraction of sp³-hybridized carbons (Fsp3) is 0.519. The van der Waals surface area contributed by atoms with Crippen molar-refractivity contribution < 1.29 is 5.21 Å². The topological polar surface area (TPSA) is 52.8 Å². The molecule has 0 fully saturated rings. The van der Waals surface area contributed by atoms with Gasteiger partial charge in [0, 0.05) is 5.41 Å². The minimum Gasteiger partial charge on any atom is -0.230 e. The second-order valence-corrected chi connectivity index (χ2v) is 10.1. The van der Waals surface area contributed by atoms with E-state index >= 15 is 0 Å². The number of rotatable bonds is 5. The van der Waals surface area contributed by atoms with Crippen LogP contribution in [-0.4, -0.2) is 10.9 Å². The normalized spacial score (nSPS) is 19.2. The zero-order chi connectivity index (χ0) is 23.3. The lowest BCUT2D eigenvalue weighted by Crippen LogP contribution is -2.47. The second-order valence-electron chi connectivity index (χ2n) is 10.1. The minimum atomic E-state index is -0.521. The Morgan fingerprint density at radius 3 is 1.88 bits per heavy atom. The van der Waals surface area contributed by atoms with Crippen LogP contribution in [0.25, 0.3) is 0 Å². The summed E-state index contributed by atoms with van der Waals surface area (Å²) >= 11 is 0. The van der Waals surface area contributed by atoms with Crippen molar-refractivity contribution in [2.75, 3.05) is 5.01 Å². The van der Waals surface area contributed by atoms with Crippen LogP contribution in [0, 0.1) is 5.41 Å². The lowest BCUT2D eigenvalue weighted by atomic mass is 9.81. The van der Waals surface area contributed by atoms with Gasteiger partial charge in [-0.25, -0.2) is 10.3 Å². The van der Waals surface area contributed by atoms with E-state index in [-0.39, 0.29) is 5.41 Å². The molecule has 0 bridgehead atoms. The van der Waals surface area contributed by atoms with Crippen LogP contribution >= 0.6 is 0 Å². The highest BCUT2D eigenvalue weighted by atomic mass is 16.5. The molecule has 0 unspecified atom stereocenters. The van der Waals surface area contributed by atoms with Crippen molar-refractivity contribution in [1.82, 2.24) is 10.4 Å². The van der Waals surface area contributed by atoms with Gasteiger partial charge in [0.25, 0.3) is 0 Å². The molecule has 32 heavy (non-hydrogen) atoms. The SMILES string of the molecule is CCC1(CC)c2cc3c(cc2C(CC)(CC)N1[O])N(c1ccccc1)N=C(C(C)(C)C)[N]3. The van der Waals surface area contributed by atoms with Gasteiger partial charge in [0.2, 0.25) is 0 Å². The fourth-order valence-corrected chi connectivity index (χ4v) is 5.44. The van der Waals surface area contributed by atoms with E-state index in [1.165, 1.54) is 5.06 Å². The molecule has 2 radical (unpaired) electrons. The molecule has 4 rings (SSSR count). The first-order valence-corrected chi connectivity index (χ1v) is 12.0. The lowest BCUT2D eigenvalue weighted by molar-refractivity contribution is -0.287. The van der Waals surface area contributed by atoms with E-state index in [4.69, 9.17) is 10.4 Å². The molecule has 0 aromatic heterocycles. The summed E-state index contributed by atoms with van der Waals surface area (Å²) in [7, 11) is 0. The van der Waals surface area contributed by atoms with Crippen LogP contribution in [0.3, 0.4) is 0 Å². The number of amidine groups is 1. The highest BCUT2D eigenvalue weighted by Gasteiger charge is 2.57. The Morgan fingerprint density at radius 2 is 1.38 bits per heavy atom. The third-order valence-corrected chi connectivity index (χ3v) is 7.56. The van der Waals surface area contributed by atoms with Crippen LogP contribution in [0.2, 0.25) is 0 Å². The Kier molecular flexibility index (Phi) is 5.62. The standard InChI is InChI=1S/C27H36N4O/c1-8-26(9-2)20-17-22-23(18-21(20)27(10-3,11-4)31(26)32)30(19-15-13-12-14-16-19)29-24(28-22)25(5,6)7/h12-18H,8-11H2,1-7H3. The number of hydroxylamine groups is 2. The van der Waals surface area contributed by atoms with Gasteiger partial charge < -0.3 is 0 Å². The van der Waals surface area contributed by atoms with Crippen LogP contribution in [0.1, 0.15) is 85.3 Å². The summed E-state index contributed by atoms with van der Waals surface area (Å²) in [5.74, 6) is 0.793. The zero-order valence-corrected chi connectivity index (χ0v) is 20.6. The molecule has 0 saturated heterocycles. The van der Waals surface area contributed by atoms with Crippen molar-refractivity contribution in [1.29, 1.82) is 0 Å². The monoisotopic (exact) mass is 432 g/mol. The summed E-state index contributed by atoms with van der Waals surface area (Å²) in [4.78, 5) is 0. The van der Waals surface area contributed by atoms with Gasteiger partial charge in [-0.2, -0.15) is 5.10 Å². The smallest absolute Gasteiger partial charge is 0.155 e. The molecule has 170 valence electrons. The average molecular weight is 433 g/mol. The molecule has 5 heteroatoms. The molecule has 0 aliphatic carbocycles. The maximum Gasteiger partial charge on any atom is 0.155 e. The average Bonchev–Trinajstić information content (AvgIpc) is 3.00. The predicted molar refractivity (Wildman–Crippen MR) is 131 cm³/mol. The van der Waals surface area contributed by atoms with Gasteiger partial charge in [-0.3, -0.25) is 0 Å². The van der Waals surface area contributed by atoms with Crippen LogP contribution in [0.5, 0.6) is 0 Å². The summed E-state index contributed by atoms with van der Waals surface area (Å²) in [6.45, 7) is 14.9. The first-order chi connectivity index (χ1) is 15.2. The van der Waals surface area contributed by atoms with Crippen LogP contribution in [-0.2, 0) is 16.3 Å². The van der Waals surface area contributed by atoms with Gasteiger partial charge in [-0.15, -0.1) is 10.3 Å². The van der Waals surface area contributed by atoms with Gasteiger partial charge >= 0.3 is 0 Å². The zero-order valence-electron chi connectivity index (χ0n) is 20.6. The maximum absolute atomic E-state index is 14.0. The van der Waals surface area contributed by atoms with E-state index in [2.05, 4.69) is 72.7 Å². The minimum absolute atomic E-state index is 0.197. The lowest BCUT2D eigenvalue weighted by Gasteiger charge is -2.40. The van der Waals surface area contributed by atoms with Crippen molar-refractivity contribution in [3.63, 3.8) is 0 Å². The Labute approximate surface area is 193 Å². The molecule has 2 aromatic carbocycles. The van der Waals surface area contributed by atoms with Crippen molar-refractivity contribution in [3.8, 4) is 0 Å². The number of fused-ring (bicyclic) bond motifs is 2. The Morgan fingerprint density at radius 1 is 0.844 bits per heavy atom. The number of benzene rings is 2. The van der Waals surface area contributed by atoms with Gasteiger partial charge in [0.1, 0.15) is 0 Å². The summed E-state index contributed by atoms with van der Waals surface area (Å²) in [6, 6.07) is 14.6. The molecule has 0 spiro atoms. The summed E-state index contributed by atoms with van der Waals surface area (Å²) < 4.78 is 0. The molecule has 2 aliphatic heterocycles. The quantitative estimate of drug-likeness (QED) is 0.505. The third-order valence-electron chi connectivity index (χ3n) is 7.56. The van der Waals surface area contributed by atoms with Crippen LogP contribution < -0.4 is 10.3 Å². The van der Waals surface area contributed by atoms with Crippen LogP contribution in [0.4, 0.5) is 17.1 Å². The molecule has 0 atom stereocenters. The Balaban J connectivity index is 2.00. The van der Waals surface area contributed by atoms with Gasteiger partial charge in [0.15, 0.2) is 5.84 Å². The number of hydrogen-bond donors (Lipinski definition) is 0. The van der Waals surface area contributed by atoms with E-state index in [0.29, 0.717) is 0 Å². The van der Waals surface area contributed by atoms with E-state index in [1.54, 1.807) is 0 Å².